The number of methoxy groups -OCH3 is 1. The average Bonchev–Trinajstić information content (AvgIpc) is 3.17. The minimum atomic E-state index is -5.37. The lowest BCUT2D eigenvalue weighted by molar-refractivity contribution is -0.287. The molecule has 0 spiro atoms. The van der Waals surface area contributed by atoms with Crippen molar-refractivity contribution in [3.63, 3.8) is 0 Å². The van der Waals surface area contributed by atoms with E-state index in [9.17, 15) is 26.3 Å². The second kappa shape index (κ2) is 7.94. The average molecular weight is 462 g/mol. The Morgan fingerprint density at radius 1 is 1.16 bits per heavy atom. The number of hydrogen-bond donors (Lipinski definition) is 1. The van der Waals surface area contributed by atoms with Crippen LogP contribution in [-0.2, 0) is 0 Å². The molecule has 3 aromatic rings. The first-order chi connectivity index (χ1) is 15.0. The van der Waals surface area contributed by atoms with Gasteiger partial charge in [0.1, 0.15) is 11.3 Å². The minimum absolute atomic E-state index is 0.0197. The van der Waals surface area contributed by atoms with Crippen LogP contribution in [0.5, 0.6) is 5.75 Å². The number of alkyl halides is 6. The fourth-order valence-corrected chi connectivity index (χ4v) is 4.06. The highest BCUT2D eigenvalue weighted by atomic mass is 19.4. The number of fused-ring (bicyclic) bond motifs is 3. The van der Waals surface area contributed by atoms with E-state index in [1.54, 1.807) is 18.2 Å². The van der Waals surface area contributed by atoms with Crippen molar-refractivity contribution in [3.05, 3.63) is 24.0 Å². The molecule has 1 aromatic carbocycles. The maximum absolute atomic E-state index is 13.0. The zero-order valence-electron chi connectivity index (χ0n) is 16.9. The molecular weight excluding hydrogens is 442 g/mol. The summed E-state index contributed by atoms with van der Waals surface area (Å²) in [5, 5.41) is 4.97. The standard InChI is InChI=1S/C19H20F6N6O/c1-32-12-6-2-5-11-14(12)27-17(26)31-16(11)28-15(29-31)10-4-3-7-30(8-10)9-13(18(20,21)22)19(23,24)25/h2,5-6,10,13H,3-4,7-9H2,1H3,(H2,26,27). The summed E-state index contributed by atoms with van der Waals surface area (Å²) in [5.41, 5.74) is 6.88. The molecule has 32 heavy (non-hydrogen) atoms. The molecule has 4 rings (SSSR count). The fourth-order valence-electron chi connectivity index (χ4n) is 4.06. The molecular formula is C19H20F6N6O. The Morgan fingerprint density at radius 3 is 2.53 bits per heavy atom. The first-order valence-corrected chi connectivity index (χ1v) is 9.83. The van der Waals surface area contributed by atoms with E-state index in [1.807, 2.05) is 0 Å². The predicted octanol–water partition coefficient (Wildman–Crippen LogP) is 3.79. The molecule has 2 N–H and O–H groups in total. The summed E-state index contributed by atoms with van der Waals surface area (Å²) < 4.78 is 84.5. The lowest BCUT2D eigenvalue weighted by atomic mass is 9.96. The fraction of sp³-hybridized carbons (Fsp3) is 0.526. The highest BCUT2D eigenvalue weighted by Gasteiger charge is 2.57. The Balaban J connectivity index is 1.64. The number of ether oxygens (including phenoxy) is 1. The highest BCUT2D eigenvalue weighted by molar-refractivity contribution is 5.95. The van der Waals surface area contributed by atoms with Crippen molar-refractivity contribution >= 4 is 22.5 Å². The van der Waals surface area contributed by atoms with Crippen LogP contribution in [0.25, 0.3) is 16.6 Å². The van der Waals surface area contributed by atoms with Gasteiger partial charge < -0.3 is 15.4 Å². The number of halogens is 6. The zero-order valence-corrected chi connectivity index (χ0v) is 16.9. The molecule has 174 valence electrons. The third kappa shape index (κ3) is 4.12. The van der Waals surface area contributed by atoms with Crippen LogP contribution >= 0.6 is 0 Å². The molecule has 0 radical (unpaired) electrons. The summed E-state index contributed by atoms with van der Waals surface area (Å²) in [6, 6.07) is 5.20. The summed E-state index contributed by atoms with van der Waals surface area (Å²) >= 11 is 0. The van der Waals surface area contributed by atoms with Crippen LogP contribution in [0, 0.1) is 5.92 Å². The molecule has 3 heterocycles. The summed E-state index contributed by atoms with van der Waals surface area (Å²) in [7, 11) is 1.48. The smallest absolute Gasteiger partial charge is 0.401 e. The van der Waals surface area contributed by atoms with Crippen LogP contribution in [0.2, 0.25) is 0 Å². The van der Waals surface area contributed by atoms with Gasteiger partial charge in [0, 0.05) is 24.4 Å². The second-order valence-electron chi connectivity index (χ2n) is 7.77. The number of aromatic nitrogens is 4. The van der Waals surface area contributed by atoms with Gasteiger partial charge in [-0.15, -0.1) is 5.10 Å². The summed E-state index contributed by atoms with van der Waals surface area (Å²) in [4.78, 5) is 9.99. The van der Waals surface area contributed by atoms with E-state index < -0.39 is 30.7 Å². The summed E-state index contributed by atoms with van der Waals surface area (Å²) in [6.07, 6.45) is -9.79. The number of para-hydroxylation sites is 1. The van der Waals surface area contributed by atoms with Crippen LogP contribution in [0.3, 0.4) is 0 Å². The number of nitrogens with two attached hydrogens (primary N) is 1. The number of nitrogen functional groups attached to an aromatic ring is 1. The Labute approximate surface area is 178 Å². The first-order valence-electron chi connectivity index (χ1n) is 9.83. The summed E-state index contributed by atoms with van der Waals surface area (Å²) in [6.45, 7) is -1.04. The molecule has 1 aliphatic heterocycles. The topological polar surface area (TPSA) is 81.6 Å². The van der Waals surface area contributed by atoms with Crippen LogP contribution in [0.4, 0.5) is 32.3 Å². The number of hydrogen-bond acceptors (Lipinski definition) is 6. The van der Waals surface area contributed by atoms with Crippen LogP contribution < -0.4 is 10.5 Å². The van der Waals surface area contributed by atoms with Crippen molar-refractivity contribution < 1.29 is 31.1 Å². The van der Waals surface area contributed by atoms with Gasteiger partial charge in [-0.3, -0.25) is 0 Å². The van der Waals surface area contributed by atoms with Gasteiger partial charge in [-0.25, -0.2) is 9.97 Å². The van der Waals surface area contributed by atoms with Gasteiger partial charge in [0.05, 0.1) is 7.11 Å². The lowest BCUT2D eigenvalue weighted by Crippen LogP contribution is -2.47. The summed E-state index contributed by atoms with van der Waals surface area (Å²) in [5.74, 6) is -3.02. The largest absolute Gasteiger partial charge is 0.494 e. The second-order valence-corrected chi connectivity index (χ2v) is 7.77. The maximum atomic E-state index is 13.0. The molecule has 1 unspecified atom stereocenters. The van der Waals surface area contributed by atoms with Gasteiger partial charge in [0.15, 0.2) is 17.4 Å². The molecule has 2 aromatic heterocycles. The number of benzene rings is 1. The molecule has 1 aliphatic rings. The third-order valence-electron chi connectivity index (χ3n) is 5.63. The SMILES string of the molecule is COc1cccc2c1nc(N)n1nc(C3CCCN(CC(C(F)(F)F)C(F)(F)F)C3)nc21. The van der Waals surface area contributed by atoms with E-state index in [2.05, 4.69) is 15.1 Å². The van der Waals surface area contributed by atoms with E-state index in [0.29, 0.717) is 41.0 Å². The number of likely N-dealkylation sites (tertiary alicyclic amines) is 1. The van der Waals surface area contributed by atoms with Crippen molar-refractivity contribution in [1.82, 2.24) is 24.5 Å². The molecule has 1 atom stereocenters. The molecule has 13 heteroatoms. The first kappa shape index (κ1) is 22.4. The van der Waals surface area contributed by atoms with Crippen molar-refractivity contribution in [2.24, 2.45) is 5.92 Å². The molecule has 0 saturated carbocycles. The number of rotatable bonds is 4. The predicted molar refractivity (Wildman–Crippen MR) is 103 cm³/mol. The van der Waals surface area contributed by atoms with Gasteiger partial charge in [-0.1, -0.05) is 6.07 Å². The van der Waals surface area contributed by atoms with E-state index in [4.69, 9.17) is 10.5 Å². The van der Waals surface area contributed by atoms with E-state index in [1.165, 1.54) is 16.5 Å². The number of nitrogens with zero attached hydrogens (tertiary/aromatic N) is 5. The Bertz CT molecular complexity index is 1110. The van der Waals surface area contributed by atoms with Gasteiger partial charge in [-0.2, -0.15) is 30.9 Å². The number of piperidine rings is 1. The van der Waals surface area contributed by atoms with Gasteiger partial charge in [0.25, 0.3) is 0 Å². The quantitative estimate of drug-likeness (QED) is 0.595. The zero-order chi connectivity index (χ0) is 23.3. The highest BCUT2D eigenvalue weighted by Crippen LogP contribution is 2.40. The van der Waals surface area contributed by atoms with E-state index >= 15 is 0 Å². The molecule has 0 aliphatic carbocycles. The van der Waals surface area contributed by atoms with Crippen LogP contribution in [0.15, 0.2) is 18.2 Å². The number of anilines is 1. The van der Waals surface area contributed by atoms with Crippen molar-refractivity contribution in [2.75, 3.05) is 32.5 Å². The molecule has 0 bridgehead atoms. The molecule has 7 nitrogen and oxygen atoms in total. The minimum Gasteiger partial charge on any atom is -0.494 e. The molecule has 1 saturated heterocycles. The van der Waals surface area contributed by atoms with Gasteiger partial charge in [-0.05, 0) is 31.5 Å². The van der Waals surface area contributed by atoms with Crippen molar-refractivity contribution in [2.45, 2.75) is 31.1 Å². The molecule has 1 fully saturated rings. The maximum Gasteiger partial charge on any atom is 0.401 e. The third-order valence-corrected chi connectivity index (χ3v) is 5.63. The van der Waals surface area contributed by atoms with E-state index in [0.717, 1.165) is 0 Å². The lowest BCUT2D eigenvalue weighted by Gasteiger charge is -2.35. The normalized spacial score (nSPS) is 18.7. The van der Waals surface area contributed by atoms with Crippen molar-refractivity contribution in [1.29, 1.82) is 0 Å². The van der Waals surface area contributed by atoms with Crippen LogP contribution in [-0.4, -0.2) is 63.6 Å². The van der Waals surface area contributed by atoms with Crippen molar-refractivity contribution in [3.8, 4) is 5.75 Å². The van der Waals surface area contributed by atoms with Gasteiger partial charge >= 0.3 is 12.4 Å². The Kier molecular flexibility index (Phi) is 5.55. The Morgan fingerprint density at radius 2 is 1.88 bits per heavy atom. The van der Waals surface area contributed by atoms with Gasteiger partial charge in [0.2, 0.25) is 5.95 Å². The molecule has 0 amide bonds. The monoisotopic (exact) mass is 462 g/mol. The van der Waals surface area contributed by atoms with Crippen LogP contribution in [0.1, 0.15) is 24.6 Å². The van der Waals surface area contributed by atoms with E-state index in [-0.39, 0.29) is 19.0 Å². The Hall–Kier alpha value is -2.83.